The monoisotopic (exact) mass is 252 g/mol. The van der Waals surface area contributed by atoms with Gasteiger partial charge in [0.05, 0.1) is 0 Å². The van der Waals surface area contributed by atoms with E-state index in [1.54, 1.807) is 12.4 Å². The summed E-state index contributed by atoms with van der Waals surface area (Å²) in [5.74, 6) is -0.265. The number of benzene rings is 1. The molecular formula is C12H10ClFN2O. The van der Waals surface area contributed by atoms with E-state index in [0.29, 0.717) is 0 Å². The largest absolute Gasteiger partial charge is 0.380 e. The number of aryl methyl sites for hydroxylation is 1. The Balaban J connectivity index is 2.39. The van der Waals surface area contributed by atoms with E-state index in [9.17, 15) is 9.50 Å². The second-order valence-electron chi connectivity index (χ2n) is 3.69. The van der Waals surface area contributed by atoms with Crippen LogP contribution in [0.2, 0.25) is 5.02 Å². The zero-order chi connectivity index (χ0) is 12.4. The lowest BCUT2D eigenvalue weighted by molar-refractivity contribution is 0.209. The highest BCUT2D eigenvalue weighted by molar-refractivity contribution is 6.31. The molecule has 17 heavy (non-hydrogen) atoms. The lowest BCUT2D eigenvalue weighted by Gasteiger charge is -2.11. The normalized spacial score (nSPS) is 12.5. The number of aliphatic hydroxyl groups excluding tert-OH is 1. The second-order valence-corrected chi connectivity index (χ2v) is 4.09. The van der Waals surface area contributed by atoms with Crippen LogP contribution >= 0.6 is 11.6 Å². The smallest absolute Gasteiger partial charge is 0.161 e. The maximum absolute atomic E-state index is 13.1. The minimum absolute atomic E-state index is 0.197. The van der Waals surface area contributed by atoms with Crippen molar-refractivity contribution in [2.24, 2.45) is 0 Å². The average molecular weight is 253 g/mol. The van der Waals surface area contributed by atoms with Crippen molar-refractivity contribution in [3.05, 3.63) is 58.4 Å². The summed E-state index contributed by atoms with van der Waals surface area (Å²) in [6.07, 6.45) is 2.04. The predicted octanol–water partition coefficient (Wildman–Crippen LogP) is 2.66. The summed E-state index contributed by atoms with van der Waals surface area (Å²) in [7, 11) is 0. The summed E-state index contributed by atoms with van der Waals surface area (Å²) in [6.45, 7) is 1.84. The number of aromatic nitrogens is 2. The Hall–Kier alpha value is -1.52. The van der Waals surface area contributed by atoms with Gasteiger partial charge in [-0.05, 0) is 30.7 Å². The SMILES string of the molecule is Cc1cnc(C(O)c2cc(F)ccc2Cl)nc1. The molecule has 0 aliphatic rings. The van der Waals surface area contributed by atoms with E-state index >= 15 is 0 Å². The third-order valence-corrected chi connectivity index (χ3v) is 2.64. The zero-order valence-electron chi connectivity index (χ0n) is 9.06. The highest BCUT2D eigenvalue weighted by Crippen LogP contribution is 2.26. The third kappa shape index (κ3) is 2.60. The van der Waals surface area contributed by atoms with Gasteiger partial charge in [0, 0.05) is 23.0 Å². The Kier molecular flexibility index (Phi) is 3.36. The van der Waals surface area contributed by atoms with E-state index in [1.807, 2.05) is 6.92 Å². The van der Waals surface area contributed by atoms with Gasteiger partial charge in [-0.15, -0.1) is 0 Å². The molecule has 0 aliphatic carbocycles. The van der Waals surface area contributed by atoms with Crippen LogP contribution in [-0.2, 0) is 0 Å². The van der Waals surface area contributed by atoms with Crippen LogP contribution in [0.4, 0.5) is 4.39 Å². The van der Waals surface area contributed by atoms with Gasteiger partial charge in [0.2, 0.25) is 0 Å². The van der Waals surface area contributed by atoms with Crippen molar-refractivity contribution in [2.45, 2.75) is 13.0 Å². The van der Waals surface area contributed by atoms with E-state index in [1.165, 1.54) is 18.2 Å². The van der Waals surface area contributed by atoms with Gasteiger partial charge >= 0.3 is 0 Å². The molecule has 1 aromatic carbocycles. The Labute approximate surface area is 103 Å². The molecule has 1 aromatic heterocycles. The second kappa shape index (κ2) is 4.77. The molecule has 0 fully saturated rings. The van der Waals surface area contributed by atoms with Crippen molar-refractivity contribution in [3.8, 4) is 0 Å². The van der Waals surface area contributed by atoms with Crippen LogP contribution < -0.4 is 0 Å². The van der Waals surface area contributed by atoms with Crippen LogP contribution in [0.1, 0.15) is 23.1 Å². The van der Waals surface area contributed by atoms with Gasteiger partial charge in [0.15, 0.2) is 5.82 Å². The molecule has 2 aromatic rings. The summed E-state index contributed by atoms with van der Waals surface area (Å²) in [6, 6.07) is 3.80. The zero-order valence-corrected chi connectivity index (χ0v) is 9.82. The molecule has 0 spiro atoms. The van der Waals surface area contributed by atoms with Gasteiger partial charge in [0.1, 0.15) is 11.9 Å². The molecule has 0 saturated carbocycles. The topological polar surface area (TPSA) is 46.0 Å². The molecule has 2 rings (SSSR count). The van der Waals surface area contributed by atoms with E-state index in [-0.39, 0.29) is 16.4 Å². The summed E-state index contributed by atoms with van der Waals surface area (Å²) in [5, 5.41) is 10.3. The lowest BCUT2D eigenvalue weighted by atomic mass is 10.1. The fourth-order valence-corrected chi connectivity index (χ4v) is 1.63. The van der Waals surface area contributed by atoms with Crippen molar-refractivity contribution in [1.29, 1.82) is 0 Å². The van der Waals surface area contributed by atoms with Crippen LogP contribution in [0.5, 0.6) is 0 Å². The van der Waals surface area contributed by atoms with Gasteiger partial charge in [0.25, 0.3) is 0 Å². The minimum Gasteiger partial charge on any atom is -0.380 e. The Morgan fingerprint density at radius 1 is 1.29 bits per heavy atom. The van der Waals surface area contributed by atoms with Crippen LogP contribution in [0.25, 0.3) is 0 Å². The molecule has 1 heterocycles. The van der Waals surface area contributed by atoms with Crippen LogP contribution in [0, 0.1) is 12.7 Å². The number of hydrogen-bond acceptors (Lipinski definition) is 3. The van der Waals surface area contributed by atoms with Gasteiger partial charge in [-0.3, -0.25) is 0 Å². The molecule has 1 unspecified atom stereocenters. The van der Waals surface area contributed by atoms with Crippen molar-refractivity contribution in [1.82, 2.24) is 9.97 Å². The van der Waals surface area contributed by atoms with E-state index in [4.69, 9.17) is 11.6 Å². The standard InChI is InChI=1S/C12H10ClFN2O/c1-7-5-15-12(16-6-7)11(17)9-4-8(14)2-3-10(9)13/h2-6,11,17H,1H3. The highest BCUT2D eigenvalue weighted by atomic mass is 35.5. The summed E-state index contributed by atoms with van der Waals surface area (Å²) >= 11 is 5.89. The molecule has 3 nitrogen and oxygen atoms in total. The highest BCUT2D eigenvalue weighted by Gasteiger charge is 2.17. The van der Waals surface area contributed by atoms with Crippen molar-refractivity contribution in [2.75, 3.05) is 0 Å². The maximum atomic E-state index is 13.1. The first kappa shape index (κ1) is 12.0. The molecule has 0 amide bonds. The number of nitrogens with zero attached hydrogens (tertiary/aromatic N) is 2. The molecule has 1 N–H and O–H groups in total. The summed E-state index contributed by atoms with van der Waals surface area (Å²) < 4.78 is 13.1. The van der Waals surface area contributed by atoms with Gasteiger partial charge in [-0.25, -0.2) is 14.4 Å². The molecule has 0 radical (unpaired) electrons. The predicted molar refractivity (Wildman–Crippen MR) is 62.2 cm³/mol. The quantitative estimate of drug-likeness (QED) is 0.894. The number of rotatable bonds is 2. The molecule has 0 saturated heterocycles. The Bertz CT molecular complexity index is 531. The van der Waals surface area contributed by atoms with E-state index < -0.39 is 11.9 Å². The Morgan fingerprint density at radius 3 is 2.59 bits per heavy atom. The van der Waals surface area contributed by atoms with E-state index in [2.05, 4.69) is 9.97 Å². The Morgan fingerprint density at radius 2 is 1.94 bits per heavy atom. The summed E-state index contributed by atoms with van der Waals surface area (Å²) in [4.78, 5) is 7.97. The summed E-state index contributed by atoms with van der Waals surface area (Å²) in [5.41, 5.74) is 1.14. The average Bonchev–Trinajstić information content (AvgIpc) is 2.32. The molecule has 1 atom stereocenters. The van der Waals surface area contributed by atoms with Gasteiger partial charge in [-0.1, -0.05) is 11.6 Å². The number of aliphatic hydroxyl groups is 1. The van der Waals surface area contributed by atoms with Crippen molar-refractivity contribution in [3.63, 3.8) is 0 Å². The fourth-order valence-electron chi connectivity index (χ4n) is 1.41. The van der Waals surface area contributed by atoms with Crippen LogP contribution in [-0.4, -0.2) is 15.1 Å². The minimum atomic E-state index is -1.13. The number of hydrogen-bond donors (Lipinski definition) is 1. The van der Waals surface area contributed by atoms with Crippen molar-refractivity contribution >= 4 is 11.6 Å². The first-order valence-electron chi connectivity index (χ1n) is 4.99. The van der Waals surface area contributed by atoms with Crippen LogP contribution in [0.3, 0.4) is 0 Å². The maximum Gasteiger partial charge on any atom is 0.161 e. The first-order chi connectivity index (χ1) is 8.08. The third-order valence-electron chi connectivity index (χ3n) is 2.30. The van der Waals surface area contributed by atoms with Gasteiger partial charge in [-0.2, -0.15) is 0 Å². The molecule has 0 bridgehead atoms. The lowest BCUT2D eigenvalue weighted by Crippen LogP contribution is -2.06. The first-order valence-corrected chi connectivity index (χ1v) is 5.37. The molecule has 0 aliphatic heterocycles. The number of halogens is 2. The van der Waals surface area contributed by atoms with E-state index in [0.717, 1.165) is 5.56 Å². The van der Waals surface area contributed by atoms with Crippen LogP contribution in [0.15, 0.2) is 30.6 Å². The van der Waals surface area contributed by atoms with Crippen molar-refractivity contribution < 1.29 is 9.50 Å². The molecular weight excluding hydrogens is 243 g/mol. The fraction of sp³-hybridized carbons (Fsp3) is 0.167. The van der Waals surface area contributed by atoms with Gasteiger partial charge < -0.3 is 5.11 Å². The molecule has 88 valence electrons. The molecule has 5 heteroatoms.